The first kappa shape index (κ1) is 15.8. The van der Waals surface area contributed by atoms with E-state index in [1.165, 1.54) is 23.5 Å². The van der Waals surface area contributed by atoms with E-state index in [9.17, 15) is 8.42 Å². The molecular formula is C13H17ClN4O2S. The molecule has 0 spiro atoms. The topological polar surface area (TPSA) is 81.2 Å². The predicted octanol–water partition coefficient (Wildman–Crippen LogP) is 1.78. The highest BCUT2D eigenvalue weighted by Gasteiger charge is 2.23. The van der Waals surface area contributed by atoms with Crippen LogP contribution in [0.25, 0.3) is 0 Å². The average molecular weight is 329 g/mol. The molecule has 0 unspecified atom stereocenters. The SMILES string of the molecule is Cc1cc(S(=O)(=O)N(C)Cc2nccn2C)cc(N)c1Cl. The van der Waals surface area contributed by atoms with Crippen LogP contribution in [0.1, 0.15) is 11.4 Å². The second-order valence-electron chi connectivity index (χ2n) is 4.86. The van der Waals surface area contributed by atoms with Gasteiger partial charge in [0.1, 0.15) is 5.82 Å². The average Bonchev–Trinajstić information content (AvgIpc) is 2.80. The molecule has 0 amide bonds. The summed E-state index contributed by atoms with van der Waals surface area (Å²) < 4.78 is 28.2. The van der Waals surface area contributed by atoms with Gasteiger partial charge in [0.25, 0.3) is 0 Å². The van der Waals surface area contributed by atoms with Crippen molar-refractivity contribution in [1.29, 1.82) is 0 Å². The van der Waals surface area contributed by atoms with Crippen LogP contribution in [0.5, 0.6) is 0 Å². The van der Waals surface area contributed by atoms with Gasteiger partial charge in [-0.3, -0.25) is 0 Å². The minimum atomic E-state index is -3.65. The lowest BCUT2D eigenvalue weighted by atomic mass is 10.2. The van der Waals surface area contributed by atoms with Crippen LogP contribution in [-0.4, -0.2) is 29.3 Å². The second-order valence-corrected chi connectivity index (χ2v) is 7.28. The van der Waals surface area contributed by atoms with Gasteiger partial charge in [-0.2, -0.15) is 4.31 Å². The van der Waals surface area contributed by atoms with Crippen LogP contribution in [0, 0.1) is 6.92 Å². The molecule has 0 saturated heterocycles. The number of nitrogen functional groups attached to an aromatic ring is 1. The van der Waals surface area contributed by atoms with Gasteiger partial charge in [-0.05, 0) is 24.6 Å². The number of hydrogen-bond acceptors (Lipinski definition) is 4. The number of aromatic nitrogens is 2. The van der Waals surface area contributed by atoms with Crippen LogP contribution in [0.4, 0.5) is 5.69 Å². The van der Waals surface area contributed by atoms with Crippen LogP contribution in [0.15, 0.2) is 29.4 Å². The molecule has 6 nitrogen and oxygen atoms in total. The van der Waals surface area contributed by atoms with E-state index in [4.69, 9.17) is 17.3 Å². The molecule has 1 heterocycles. The fourth-order valence-corrected chi connectivity index (χ4v) is 3.28. The van der Waals surface area contributed by atoms with E-state index in [1.807, 2.05) is 7.05 Å². The Labute approximate surface area is 129 Å². The second kappa shape index (κ2) is 5.67. The van der Waals surface area contributed by atoms with Crippen LogP contribution in [-0.2, 0) is 23.6 Å². The number of imidazole rings is 1. The normalized spacial score (nSPS) is 12.0. The smallest absolute Gasteiger partial charge is 0.243 e. The monoisotopic (exact) mass is 328 g/mol. The van der Waals surface area contributed by atoms with Crippen molar-refractivity contribution in [1.82, 2.24) is 13.9 Å². The van der Waals surface area contributed by atoms with E-state index in [-0.39, 0.29) is 17.1 Å². The zero-order valence-corrected chi connectivity index (χ0v) is 13.6. The summed E-state index contributed by atoms with van der Waals surface area (Å²) in [7, 11) is -0.335. The standard InChI is InChI=1S/C13H17ClN4O2S/c1-9-6-10(7-11(15)13(9)14)21(19,20)18(3)8-12-16-4-5-17(12)2/h4-7H,8,15H2,1-3H3. The van der Waals surface area contributed by atoms with E-state index in [0.717, 1.165) is 0 Å². The van der Waals surface area contributed by atoms with Crippen LogP contribution in [0.2, 0.25) is 5.02 Å². The zero-order chi connectivity index (χ0) is 15.8. The third-order valence-corrected chi connectivity index (χ3v) is 5.55. The molecule has 0 aliphatic rings. The molecule has 0 saturated carbocycles. The number of anilines is 1. The summed E-state index contributed by atoms with van der Waals surface area (Å²) in [6.07, 6.45) is 3.39. The fraction of sp³-hybridized carbons (Fsp3) is 0.308. The van der Waals surface area contributed by atoms with Crippen molar-refractivity contribution in [2.24, 2.45) is 7.05 Å². The largest absolute Gasteiger partial charge is 0.397 e. The molecule has 0 aliphatic heterocycles. The van der Waals surface area contributed by atoms with Gasteiger partial charge >= 0.3 is 0 Å². The number of benzene rings is 1. The first-order chi connectivity index (χ1) is 9.73. The van der Waals surface area contributed by atoms with Gasteiger partial charge in [0, 0.05) is 26.5 Å². The van der Waals surface area contributed by atoms with Crippen molar-refractivity contribution < 1.29 is 8.42 Å². The molecule has 0 bridgehead atoms. The number of nitrogens with zero attached hydrogens (tertiary/aromatic N) is 3. The lowest BCUT2D eigenvalue weighted by Crippen LogP contribution is -2.28. The minimum absolute atomic E-state index is 0.124. The Morgan fingerprint density at radius 1 is 1.43 bits per heavy atom. The molecule has 21 heavy (non-hydrogen) atoms. The predicted molar refractivity (Wildman–Crippen MR) is 82.5 cm³/mol. The lowest BCUT2D eigenvalue weighted by molar-refractivity contribution is 0.451. The zero-order valence-electron chi connectivity index (χ0n) is 12.0. The Balaban J connectivity index is 2.35. The number of rotatable bonds is 4. The number of hydrogen-bond donors (Lipinski definition) is 1. The summed E-state index contributed by atoms with van der Waals surface area (Å²) in [5.74, 6) is 0.653. The molecule has 0 aliphatic carbocycles. The lowest BCUT2D eigenvalue weighted by Gasteiger charge is -2.18. The molecule has 8 heteroatoms. The van der Waals surface area contributed by atoms with E-state index >= 15 is 0 Å². The van der Waals surface area contributed by atoms with E-state index in [0.29, 0.717) is 16.4 Å². The van der Waals surface area contributed by atoms with Crippen molar-refractivity contribution in [3.8, 4) is 0 Å². The van der Waals surface area contributed by atoms with Crippen molar-refractivity contribution in [2.75, 3.05) is 12.8 Å². The Kier molecular flexibility index (Phi) is 4.27. The van der Waals surface area contributed by atoms with Crippen molar-refractivity contribution in [3.05, 3.63) is 40.9 Å². The molecule has 0 radical (unpaired) electrons. The van der Waals surface area contributed by atoms with Gasteiger partial charge < -0.3 is 10.3 Å². The number of sulfonamides is 1. The molecule has 114 valence electrons. The van der Waals surface area contributed by atoms with Crippen molar-refractivity contribution in [3.63, 3.8) is 0 Å². The Bertz CT molecular complexity index is 747. The van der Waals surface area contributed by atoms with Crippen molar-refractivity contribution >= 4 is 27.3 Å². The highest BCUT2D eigenvalue weighted by molar-refractivity contribution is 7.89. The van der Waals surface area contributed by atoms with Crippen LogP contribution < -0.4 is 5.73 Å². The first-order valence-electron chi connectivity index (χ1n) is 6.21. The summed E-state index contributed by atoms with van der Waals surface area (Å²) >= 11 is 5.97. The molecule has 2 N–H and O–H groups in total. The molecular weight excluding hydrogens is 312 g/mol. The summed E-state index contributed by atoms with van der Waals surface area (Å²) in [5, 5.41) is 0.376. The minimum Gasteiger partial charge on any atom is -0.397 e. The van der Waals surface area contributed by atoms with Gasteiger partial charge in [-0.15, -0.1) is 0 Å². The quantitative estimate of drug-likeness (QED) is 0.867. The summed E-state index contributed by atoms with van der Waals surface area (Å²) in [6.45, 7) is 1.89. The van der Waals surface area contributed by atoms with Gasteiger partial charge in [-0.25, -0.2) is 13.4 Å². The Morgan fingerprint density at radius 3 is 2.62 bits per heavy atom. The van der Waals surface area contributed by atoms with Gasteiger partial charge in [0.2, 0.25) is 10.0 Å². The number of halogens is 1. The fourth-order valence-electron chi connectivity index (χ4n) is 1.92. The molecule has 1 aromatic heterocycles. The van der Waals surface area contributed by atoms with Crippen LogP contribution in [0.3, 0.4) is 0 Å². The molecule has 2 rings (SSSR count). The maximum Gasteiger partial charge on any atom is 0.243 e. The van der Waals surface area contributed by atoms with Gasteiger partial charge in [0.05, 0.1) is 22.2 Å². The molecule has 0 fully saturated rings. The molecule has 1 aromatic carbocycles. The highest BCUT2D eigenvalue weighted by Crippen LogP contribution is 2.28. The Morgan fingerprint density at radius 2 is 2.10 bits per heavy atom. The number of aryl methyl sites for hydroxylation is 2. The summed E-state index contributed by atoms with van der Waals surface area (Å²) in [4.78, 5) is 4.25. The maximum absolute atomic E-state index is 12.6. The Hall–Kier alpha value is -1.57. The van der Waals surface area contributed by atoms with Gasteiger partial charge in [0.15, 0.2) is 0 Å². The van der Waals surface area contributed by atoms with E-state index in [2.05, 4.69) is 4.98 Å². The van der Waals surface area contributed by atoms with Gasteiger partial charge in [-0.1, -0.05) is 11.6 Å². The third-order valence-electron chi connectivity index (χ3n) is 3.25. The third kappa shape index (κ3) is 3.04. The maximum atomic E-state index is 12.6. The summed E-state index contributed by atoms with van der Waals surface area (Å²) in [5.41, 5.74) is 6.62. The molecule has 0 atom stereocenters. The van der Waals surface area contributed by atoms with Crippen molar-refractivity contribution in [2.45, 2.75) is 18.4 Å². The molecule has 2 aromatic rings. The number of nitrogens with two attached hydrogens (primary N) is 1. The summed E-state index contributed by atoms with van der Waals surface area (Å²) in [6, 6.07) is 2.89. The van der Waals surface area contributed by atoms with E-state index < -0.39 is 10.0 Å². The first-order valence-corrected chi connectivity index (χ1v) is 8.03. The van der Waals surface area contributed by atoms with Crippen LogP contribution >= 0.6 is 11.6 Å². The highest BCUT2D eigenvalue weighted by atomic mass is 35.5. The van der Waals surface area contributed by atoms with E-state index in [1.54, 1.807) is 23.9 Å².